The van der Waals surface area contributed by atoms with E-state index in [1.807, 2.05) is 4.68 Å². The van der Waals surface area contributed by atoms with Crippen molar-refractivity contribution in [2.24, 2.45) is 0 Å². The van der Waals surface area contributed by atoms with E-state index in [2.05, 4.69) is 59.8 Å². The van der Waals surface area contributed by atoms with Gasteiger partial charge in [0.1, 0.15) is 0 Å². The molecule has 0 unspecified atom stereocenters. The molecule has 0 saturated heterocycles. The van der Waals surface area contributed by atoms with Gasteiger partial charge >= 0.3 is 0 Å². The molecule has 1 aliphatic rings. The van der Waals surface area contributed by atoms with E-state index in [9.17, 15) is 0 Å². The van der Waals surface area contributed by atoms with Crippen LogP contribution < -0.4 is 5.32 Å². The molecular weight excluding hydrogens is 250 g/mol. The lowest BCUT2D eigenvalue weighted by Gasteiger charge is -2.19. The summed E-state index contributed by atoms with van der Waals surface area (Å²) in [6.07, 6.45) is 3.62. The lowest BCUT2D eigenvalue weighted by molar-refractivity contribution is 0.415. The standard InChI is InChI=1S/C15H21N5/c1-15(2,3)16-10-14-17-18-19-20(14)13-8-7-11-5-4-6-12(11)9-13/h7-9,16H,4-6,10H2,1-3H3. The quantitative estimate of drug-likeness (QED) is 0.928. The zero-order valence-corrected chi connectivity index (χ0v) is 12.3. The Hall–Kier alpha value is -1.75. The smallest absolute Gasteiger partial charge is 0.170 e. The van der Waals surface area contributed by atoms with Crippen molar-refractivity contribution in [2.75, 3.05) is 0 Å². The molecule has 106 valence electrons. The minimum atomic E-state index is 0.0503. The van der Waals surface area contributed by atoms with Gasteiger partial charge in [0.25, 0.3) is 0 Å². The molecule has 0 aliphatic heterocycles. The van der Waals surface area contributed by atoms with Crippen LogP contribution >= 0.6 is 0 Å². The van der Waals surface area contributed by atoms with Gasteiger partial charge in [0.15, 0.2) is 5.82 Å². The maximum Gasteiger partial charge on any atom is 0.170 e. The highest BCUT2D eigenvalue weighted by Crippen LogP contribution is 2.24. The van der Waals surface area contributed by atoms with Gasteiger partial charge in [-0.3, -0.25) is 0 Å². The Bertz CT molecular complexity index is 609. The van der Waals surface area contributed by atoms with Gasteiger partial charge in [-0.2, -0.15) is 4.68 Å². The van der Waals surface area contributed by atoms with Crippen molar-refractivity contribution in [1.82, 2.24) is 25.5 Å². The number of nitrogens with zero attached hydrogens (tertiary/aromatic N) is 4. The Morgan fingerprint density at radius 3 is 2.80 bits per heavy atom. The van der Waals surface area contributed by atoms with Gasteiger partial charge in [-0.25, -0.2) is 0 Å². The van der Waals surface area contributed by atoms with E-state index in [0.717, 1.165) is 11.5 Å². The molecule has 0 saturated carbocycles. The van der Waals surface area contributed by atoms with Gasteiger partial charge in [-0.1, -0.05) is 6.07 Å². The summed E-state index contributed by atoms with van der Waals surface area (Å²) in [6, 6.07) is 6.54. The second-order valence-electron chi connectivity index (χ2n) is 6.42. The van der Waals surface area contributed by atoms with E-state index < -0.39 is 0 Å². The number of aryl methyl sites for hydroxylation is 2. The van der Waals surface area contributed by atoms with Crippen molar-refractivity contribution >= 4 is 0 Å². The van der Waals surface area contributed by atoms with Gasteiger partial charge < -0.3 is 5.32 Å². The summed E-state index contributed by atoms with van der Waals surface area (Å²) >= 11 is 0. The minimum Gasteiger partial charge on any atom is -0.305 e. The van der Waals surface area contributed by atoms with Crippen LogP contribution in [0.15, 0.2) is 18.2 Å². The van der Waals surface area contributed by atoms with Crippen LogP contribution in [0.2, 0.25) is 0 Å². The van der Waals surface area contributed by atoms with Crippen molar-refractivity contribution in [3.05, 3.63) is 35.2 Å². The molecule has 0 amide bonds. The molecule has 1 aromatic carbocycles. The average Bonchev–Trinajstić information content (AvgIpc) is 3.03. The summed E-state index contributed by atoms with van der Waals surface area (Å²) in [6.45, 7) is 7.07. The first-order valence-corrected chi connectivity index (χ1v) is 7.17. The predicted molar refractivity (Wildman–Crippen MR) is 77.8 cm³/mol. The second-order valence-corrected chi connectivity index (χ2v) is 6.42. The molecule has 0 spiro atoms. The zero-order valence-electron chi connectivity index (χ0n) is 12.3. The second kappa shape index (κ2) is 4.98. The highest BCUT2D eigenvalue weighted by atomic mass is 15.5. The van der Waals surface area contributed by atoms with Crippen LogP contribution in [0.25, 0.3) is 5.69 Å². The summed E-state index contributed by atoms with van der Waals surface area (Å²) in [5.41, 5.74) is 4.01. The molecule has 1 aliphatic carbocycles. The fourth-order valence-corrected chi connectivity index (χ4v) is 2.55. The van der Waals surface area contributed by atoms with E-state index in [1.54, 1.807) is 0 Å². The van der Waals surface area contributed by atoms with Crippen molar-refractivity contribution in [3.63, 3.8) is 0 Å². The van der Waals surface area contributed by atoms with E-state index in [0.29, 0.717) is 6.54 Å². The number of nitrogens with one attached hydrogen (secondary N) is 1. The van der Waals surface area contributed by atoms with E-state index in [-0.39, 0.29) is 5.54 Å². The van der Waals surface area contributed by atoms with Crippen LogP contribution in [0.3, 0.4) is 0 Å². The monoisotopic (exact) mass is 271 g/mol. The average molecular weight is 271 g/mol. The number of fused-ring (bicyclic) bond motifs is 1. The summed E-state index contributed by atoms with van der Waals surface area (Å²) in [5, 5.41) is 15.5. The number of hydrogen-bond donors (Lipinski definition) is 1. The molecule has 5 nitrogen and oxygen atoms in total. The maximum absolute atomic E-state index is 4.13. The minimum absolute atomic E-state index is 0.0503. The van der Waals surface area contributed by atoms with Gasteiger partial charge in [-0.15, -0.1) is 5.10 Å². The molecule has 20 heavy (non-hydrogen) atoms. The van der Waals surface area contributed by atoms with Crippen molar-refractivity contribution < 1.29 is 0 Å². The molecule has 0 bridgehead atoms. The predicted octanol–water partition coefficient (Wildman–Crippen LogP) is 2.04. The van der Waals surface area contributed by atoms with E-state index >= 15 is 0 Å². The lowest BCUT2D eigenvalue weighted by atomic mass is 10.1. The molecule has 0 fully saturated rings. The fraction of sp³-hybridized carbons (Fsp3) is 0.533. The van der Waals surface area contributed by atoms with Crippen LogP contribution in [-0.4, -0.2) is 25.7 Å². The van der Waals surface area contributed by atoms with Crippen LogP contribution in [0, 0.1) is 0 Å². The molecule has 0 radical (unpaired) electrons. The van der Waals surface area contributed by atoms with Crippen LogP contribution in [0.5, 0.6) is 0 Å². The number of aromatic nitrogens is 4. The molecule has 1 N–H and O–H groups in total. The molecule has 1 heterocycles. The molecule has 5 heteroatoms. The fourth-order valence-electron chi connectivity index (χ4n) is 2.55. The first-order chi connectivity index (χ1) is 9.53. The zero-order chi connectivity index (χ0) is 14.2. The number of hydrogen-bond acceptors (Lipinski definition) is 4. The van der Waals surface area contributed by atoms with Crippen LogP contribution in [-0.2, 0) is 19.4 Å². The lowest BCUT2D eigenvalue weighted by Crippen LogP contribution is -2.35. The topological polar surface area (TPSA) is 55.6 Å². The SMILES string of the molecule is CC(C)(C)NCc1nnnn1-c1ccc2c(c1)CCC2. The highest BCUT2D eigenvalue weighted by Gasteiger charge is 2.16. The number of rotatable bonds is 3. The van der Waals surface area contributed by atoms with Crippen LogP contribution in [0.1, 0.15) is 44.1 Å². The first-order valence-electron chi connectivity index (χ1n) is 7.17. The third-order valence-corrected chi connectivity index (χ3v) is 3.64. The third-order valence-electron chi connectivity index (χ3n) is 3.64. The van der Waals surface area contributed by atoms with Crippen molar-refractivity contribution in [2.45, 2.75) is 52.1 Å². The van der Waals surface area contributed by atoms with E-state index in [1.165, 1.54) is 30.4 Å². The Morgan fingerprint density at radius 2 is 2.00 bits per heavy atom. The normalized spacial score (nSPS) is 14.6. The Kier molecular flexibility index (Phi) is 3.30. The first kappa shape index (κ1) is 13.2. The number of tetrazole rings is 1. The Labute approximate surface area is 119 Å². The van der Waals surface area contributed by atoms with Gasteiger partial charge in [-0.05, 0) is 73.7 Å². The van der Waals surface area contributed by atoms with Gasteiger partial charge in [0.05, 0.1) is 12.2 Å². The summed E-state index contributed by atoms with van der Waals surface area (Å²) in [5.74, 6) is 0.845. The number of benzene rings is 1. The maximum atomic E-state index is 4.13. The van der Waals surface area contributed by atoms with Crippen molar-refractivity contribution in [3.8, 4) is 5.69 Å². The largest absolute Gasteiger partial charge is 0.305 e. The summed E-state index contributed by atoms with van der Waals surface area (Å²) < 4.78 is 1.83. The Morgan fingerprint density at radius 1 is 1.20 bits per heavy atom. The van der Waals surface area contributed by atoms with Crippen molar-refractivity contribution in [1.29, 1.82) is 0 Å². The molecule has 1 aromatic heterocycles. The van der Waals surface area contributed by atoms with Gasteiger partial charge in [0.2, 0.25) is 0 Å². The van der Waals surface area contributed by atoms with E-state index in [4.69, 9.17) is 0 Å². The molecule has 0 atom stereocenters. The highest BCUT2D eigenvalue weighted by molar-refractivity contribution is 5.42. The third kappa shape index (κ3) is 2.72. The molecule has 3 rings (SSSR count). The van der Waals surface area contributed by atoms with Gasteiger partial charge in [0, 0.05) is 5.54 Å². The summed E-state index contributed by atoms with van der Waals surface area (Å²) in [7, 11) is 0. The summed E-state index contributed by atoms with van der Waals surface area (Å²) in [4.78, 5) is 0. The molecular formula is C15H21N5. The Balaban J connectivity index is 1.86. The molecule has 2 aromatic rings. The van der Waals surface area contributed by atoms with Crippen LogP contribution in [0.4, 0.5) is 0 Å².